The summed E-state index contributed by atoms with van der Waals surface area (Å²) < 4.78 is 8.73. The highest BCUT2D eigenvalue weighted by Crippen LogP contribution is 2.27. The lowest BCUT2D eigenvalue weighted by molar-refractivity contribution is 0.0972. The third-order valence-corrected chi connectivity index (χ3v) is 6.06. The first-order chi connectivity index (χ1) is 14.2. The molecule has 0 spiro atoms. The Hall–Kier alpha value is -3.51. The number of aromatic nitrogens is 1. The number of amides is 1. The van der Waals surface area contributed by atoms with E-state index in [0.29, 0.717) is 22.3 Å². The van der Waals surface area contributed by atoms with Gasteiger partial charge in [0, 0.05) is 18.0 Å². The quantitative estimate of drug-likeness (QED) is 0.431. The summed E-state index contributed by atoms with van der Waals surface area (Å²) in [5.41, 5.74) is 1.16. The number of rotatable bonds is 2. The second-order valence-corrected chi connectivity index (χ2v) is 7.63. The molecule has 2 aromatic heterocycles. The largest absolute Gasteiger partial charge is 0.451 e. The number of carbonyl (C=O) groups is 1. The highest BCUT2D eigenvalue weighted by atomic mass is 32.1. The van der Waals surface area contributed by atoms with E-state index in [9.17, 15) is 9.59 Å². The molecular formula is C23H16N2O3S. The van der Waals surface area contributed by atoms with Crippen LogP contribution >= 0.6 is 11.3 Å². The average Bonchev–Trinajstić information content (AvgIpc) is 3.11. The second-order valence-electron chi connectivity index (χ2n) is 6.65. The number of para-hydroxylation sites is 1. The molecule has 1 amide bonds. The average molecular weight is 400 g/mol. The Morgan fingerprint density at radius 1 is 1.03 bits per heavy atom. The van der Waals surface area contributed by atoms with Crippen molar-refractivity contribution in [2.45, 2.75) is 13.5 Å². The van der Waals surface area contributed by atoms with Crippen molar-refractivity contribution in [2.24, 2.45) is 4.99 Å². The second kappa shape index (κ2) is 6.83. The van der Waals surface area contributed by atoms with Gasteiger partial charge in [-0.1, -0.05) is 53.8 Å². The topological polar surface area (TPSA) is 64.6 Å². The van der Waals surface area contributed by atoms with Gasteiger partial charge in [-0.15, -0.1) is 0 Å². The predicted octanol–water partition coefficient (Wildman–Crippen LogP) is 4.72. The lowest BCUT2D eigenvalue weighted by Gasteiger charge is -2.02. The molecular weight excluding hydrogens is 384 g/mol. The fourth-order valence-corrected chi connectivity index (χ4v) is 4.77. The van der Waals surface area contributed by atoms with Crippen molar-refractivity contribution in [3.8, 4) is 0 Å². The number of carbonyl (C=O) groups excluding carboxylic acids is 1. The predicted molar refractivity (Wildman–Crippen MR) is 115 cm³/mol. The van der Waals surface area contributed by atoms with E-state index in [4.69, 9.17) is 4.42 Å². The van der Waals surface area contributed by atoms with Crippen LogP contribution in [-0.4, -0.2) is 10.5 Å². The van der Waals surface area contributed by atoms with Gasteiger partial charge in [-0.25, -0.2) is 0 Å². The molecule has 0 radical (unpaired) electrons. The van der Waals surface area contributed by atoms with E-state index in [2.05, 4.69) is 29.3 Å². The van der Waals surface area contributed by atoms with Crippen LogP contribution in [0.5, 0.6) is 0 Å². The van der Waals surface area contributed by atoms with Crippen LogP contribution in [0, 0.1) is 0 Å². The van der Waals surface area contributed by atoms with E-state index >= 15 is 0 Å². The number of benzene rings is 3. The zero-order valence-corrected chi connectivity index (χ0v) is 16.4. The van der Waals surface area contributed by atoms with Crippen LogP contribution in [0.4, 0.5) is 0 Å². The van der Waals surface area contributed by atoms with E-state index in [1.807, 2.05) is 23.6 Å². The van der Waals surface area contributed by atoms with Crippen molar-refractivity contribution in [3.63, 3.8) is 0 Å². The van der Waals surface area contributed by atoms with Gasteiger partial charge in [0.2, 0.25) is 0 Å². The molecule has 2 heterocycles. The minimum atomic E-state index is -0.564. The first kappa shape index (κ1) is 17.6. The molecule has 3 aromatic carbocycles. The van der Waals surface area contributed by atoms with Crippen molar-refractivity contribution >= 4 is 49.2 Å². The summed E-state index contributed by atoms with van der Waals surface area (Å²) in [6.07, 6.45) is 0. The normalized spacial score (nSPS) is 12.2. The standard InChI is InChI=1S/C23H16N2O3S/c1-2-25-17-12-11-14-7-3-4-8-15(14)21(17)29-23(25)24-22(27)20-13-18(26)16-9-5-6-10-19(16)28-20/h3-13H,2H2,1H3. The van der Waals surface area contributed by atoms with Crippen LogP contribution in [0.1, 0.15) is 17.5 Å². The fourth-order valence-electron chi connectivity index (χ4n) is 3.54. The van der Waals surface area contributed by atoms with Gasteiger partial charge in [0.25, 0.3) is 0 Å². The molecule has 0 saturated heterocycles. The first-order valence-corrected chi connectivity index (χ1v) is 10.1. The Morgan fingerprint density at radius 2 is 1.79 bits per heavy atom. The third-order valence-electron chi connectivity index (χ3n) is 4.93. The number of fused-ring (bicyclic) bond motifs is 4. The van der Waals surface area contributed by atoms with Crippen LogP contribution in [-0.2, 0) is 6.54 Å². The molecule has 5 nitrogen and oxygen atoms in total. The lowest BCUT2D eigenvalue weighted by atomic mass is 10.1. The molecule has 0 atom stereocenters. The van der Waals surface area contributed by atoms with Gasteiger partial charge in [0.05, 0.1) is 15.6 Å². The minimum Gasteiger partial charge on any atom is -0.451 e. The summed E-state index contributed by atoms with van der Waals surface area (Å²) in [7, 11) is 0. The molecule has 0 bridgehead atoms. The maximum Gasteiger partial charge on any atom is 0.315 e. The van der Waals surface area contributed by atoms with E-state index in [-0.39, 0.29) is 11.2 Å². The maximum atomic E-state index is 12.8. The van der Waals surface area contributed by atoms with Gasteiger partial charge >= 0.3 is 5.91 Å². The van der Waals surface area contributed by atoms with Gasteiger partial charge in [-0.05, 0) is 30.5 Å². The monoisotopic (exact) mass is 400 g/mol. The zero-order valence-electron chi connectivity index (χ0n) is 15.6. The molecule has 5 aromatic rings. The summed E-state index contributed by atoms with van der Waals surface area (Å²) in [5, 5.41) is 2.72. The number of aryl methyl sites for hydroxylation is 1. The molecule has 0 saturated carbocycles. The molecule has 0 aliphatic carbocycles. The Labute approximate surface area is 169 Å². The van der Waals surface area contributed by atoms with Crippen LogP contribution in [0.2, 0.25) is 0 Å². The van der Waals surface area contributed by atoms with Gasteiger partial charge in [0.15, 0.2) is 16.0 Å². The van der Waals surface area contributed by atoms with Crippen LogP contribution in [0.15, 0.2) is 80.9 Å². The van der Waals surface area contributed by atoms with Gasteiger partial charge in [-0.2, -0.15) is 4.99 Å². The van der Waals surface area contributed by atoms with Crippen LogP contribution < -0.4 is 10.2 Å². The van der Waals surface area contributed by atoms with Crippen molar-refractivity contribution in [2.75, 3.05) is 0 Å². The van der Waals surface area contributed by atoms with Gasteiger partial charge in [-0.3, -0.25) is 9.59 Å². The van der Waals surface area contributed by atoms with Crippen molar-refractivity contribution < 1.29 is 9.21 Å². The molecule has 0 aliphatic heterocycles. The summed E-state index contributed by atoms with van der Waals surface area (Å²) in [5.74, 6) is -0.621. The van der Waals surface area contributed by atoms with Gasteiger partial charge in [0.1, 0.15) is 5.58 Å². The SMILES string of the molecule is CCn1c(=NC(=O)c2cc(=O)c3ccccc3o2)sc2c3ccccc3ccc21. The smallest absolute Gasteiger partial charge is 0.315 e. The van der Waals surface area contributed by atoms with Crippen molar-refractivity contribution in [1.29, 1.82) is 0 Å². The Balaban J connectivity index is 1.71. The first-order valence-electron chi connectivity index (χ1n) is 9.29. The summed E-state index contributed by atoms with van der Waals surface area (Å²) in [6.45, 7) is 2.69. The van der Waals surface area contributed by atoms with Crippen LogP contribution in [0.25, 0.3) is 32.0 Å². The van der Waals surface area contributed by atoms with E-state index in [0.717, 1.165) is 21.0 Å². The fraction of sp³-hybridized carbons (Fsp3) is 0.0870. The molecule has 142 valence electrons. The molecule has 0 unspecified atom stereocenters. The molecule has 0 aliphatic rings. The Kier molecular flexibility index (Phi) is 4.14. The molecule has 6 heteroatoms. The minimum absolute atomic E-state index is 0.0568. The Bertz CT molecular complexity index is 1540. The highest BCUT2D eigenvalue weighted by Gasteiger charge is 2.14. The lowest BCUT2D eigenvalue weighted by Crippen LogP contribution is -2.16. The Morgan fingerprint density at radius 3 is 2.62 bits per heavy atom. The molecule has 0 N–H and O–H groups in total. The number of hydrogen-bond donors (Lipinski definition) is 0. The highest BCUT2D eigenvalue weighted by molar-refractivity contribution is 7.17. The summed E-state index contributed by atoms with van der Waals surface area (Å²) >= 11 is 1.46. The summed E-state index contributed by atoms with van der Waals surface area (Å²) in [6, 6.07) is 20.4. The summed E-state index contributed by atoms with van der Waals surface area (Å²) in [4.78, 5) is 30.0. The zero-order chi connectivity index (χ0) is 20.0. The molecule has 29 heavy (non-hydrogen) atoms. The van der Waals surface area contributed by atoms with Crippen molar-refractivity contribution in [1.82, 2.24) is 4.57 Å². The number of hydrogen-bond acceptors (Lipinski definition) is 4. The maximum absolute atomic E-state index is 12.8. The van der Waals surface area contributed by atoms with Crippen LogP contribution in [0.3, 0.4) is 0 Å². The molecule has 0 fully saturated rings. The van der Waals surface area contributed by atoms with E-state index in [1.165, 1.54) is 17.4 Å². The van der Waals surface area contributed by atoms with Gasteiger partial charge < -0.3 is 8.98 Å². The third kappa shape index (κ3) is 2.89. The number of nitrogens with zero attached hydrogens (tertiary/aromatic N) is 2. The van der Waals surface area contributed by atoms with E-state index in [1.54, 1.807) is 24.3 Å². The number of thiazole rings is 1. The molecule has 5 rings (SSSR count). The van der Waals surface area contributed by atoms with E-state index < -0.39 is 5.91 Å². The van der Waals surface area contributed by atoms with Crippen molar-refractivity contribution in [3.05, 3.63) is 87.5 Å².